The largest absolute Gasteiger partial charge is 0.456 e. The fourth-order valence-corrected chi connectivity index (χ4v) is 8.09. The molecule has 2 aromatic heterocycles. The van der Waals surface area contributed by atoms with E-state index in [4.69, 9.17) is 10.2 Å². The summed E-state index contributed by atoms with van der Waals surface area (Å²) in [5.74, 6) is 0.812. The number of hydrogen-bond donors (Lipinski definition) is 1. The van der Waals surface area contributed by atoms with Crippen molar-refractivity contribution in [3.63, 3.8) is 0 Å². The first kappa shape index (κ1) is 26.2. The number of rotatable bonds is 5. The highest BCUT2D eigenvalue weighted by atomic mass is 32.2. The second-order valence-electron chi connectivity index (χ2n) is 11.8. The van der Waals surface area contributed by atoms with E-state index >= 15 is 0 Å². The zero-order valence-corrected chi connectivity index (χ0v) is 25.5. The predicted molar refractivity (Wildman–Crippen MR) is 191 cm³/mol. The van der Waals surface area contributed by atoms with E-state index in [0.717, 1.165) is 51.1 Å². The van der Waals surface area contributed by atoms with Gasteiger partial charge in [-0.25, -0.2) is 0 Å². The van der Waals surface area contributed by atoms with E-state index < -0.39 is 0 Å². The summed E-state index contributed by atoms with van der Waals surface area (Å²) in [6.07, 6.45) is 6.74. The lowest BCUT2D eigenvalue weighted by Gasteiger charge is -2.14. The molecule has 2 heterocycles. The fraction of sp³-hybridized carbons (Fsp3) is 0.0732. The quantitative estimate of drug-likeness (QED) is 0.158. The predicted octanol–water partition coefficient (Wildman–Crippen LogP) is 11.2. The lowest BCUT2D eigenvalue weighted by atomic mass is 9.98. The van der Waals surface area contributed by atoms with Crippen molar-refractivity contribution in [2.45, 2.75) is 23.5 Å². The molecule has 45 heavy (non-hydrogen) atoms. The Kier molecular flexibility index (Phi) is 6.10. The minimum absolute atomic E-state index is 0.780. The Bertz CT molecular complexity index is 2430. The SMILES string of the molecule is Nc1ccc2oc3ccc(-c4ccccc4)cc3c2c1SCc1ccc(-n2c3c(c4c5ccccc5ccc42)C=CCC3)cc1. The molecule has 0 amide bonds. The minimum atomic E-state index is 0.780. The van der Waals surface area contributed by atoms with E-state index in [-0.39, 0.29) is 0 Å². The van der Waals surface area contributed by atoms with E-state index in [1.807, 2.05) is 18.2 Å². The van der Waals surface area contributed by atoms with E-state index in [1.165, 1.54) is 55.3 Å². The fourth-order valence-electron chi connectivity index (χ4n) is 7.00. The molecule has 216 valence electrons. The molecule has 0 unspecified atom stereocenters. The molecule has 1 aliphatic carbocycles. The third-order valence-corrected chi connectivity index (χ3v) is 10.3. The van der Waals surface area contributed by atoms with Gasteiger partial charge >= 0.3 is 0 Å². The summed E-state index contributed by atoms with van der Waals surface area (Å²) in [6.45, 7) is 0. The maximum atomic E-state index is 6.62. The monoisotopic (exact) mass is 598 g/mol. The van der Waals surface area contributed by atoms with Crippen LogP contribution >= 0.6 is 11.8 Å². The first-order chi connectivity index (χ1) is 22.2. The van der Waals surface area contributed by atoms with Crippen molar-refractivity contribution >= 4 is 67.1 Å². The molecular formula is C41H30N2OS. The summed E-state index contributed by atoms with van der Waals surface area (Å²) in [7, 11) is 0. The molecule has 0 saturated heterocycles. The Morgan fingerprint density at radius 1 is 0.711 bits per heavy atom. The van der Waals surface area contributed by atoms with Crippen LogP contribution in [0.25, 0.3) is 66.5 Å². The number of hydrogen-bond acceptors (Lipinski definition) is 3. The number of nitrogens with zero attached hydrogens (tertiary/aromatic N) is 1. The van der Waals surface area contributed by atoms with Gasteiger partial charge in [-0.15, -0.1) is 11.8 Å². The van der Waals surface area contributed by atoms with Crippen LogP contribution in [-0.4, -0.2) is 4.57 Å². The molecule has 9 rings (SSSR count). The molecule has 1 aliphatic rings. The first-order valence-corrected chi connectivity index (χ1v) is 16.5. The number of anilines is 1. The Morgan fingerprint density at radius 2 is 1.53 bits per heavy atom. The highest BCUT2D eigenvalue weighted by Crippen LogP contribution is 2.42. The molecule has 0 radical (unpaired) electrons. The standard InChI is InChI=1S/C41H30N2OS/c42-34-20-23-38-40(33-24-29(17-22-37(33)44-38)27-8-2-1-3-9-27)41(34)45-25-26-14-18-30(19-15-26)43-35-13-7-6-12-32(35)39-31-11-5-4-10-28(31)16-21-36(39)43/h1-6,8-12,14-24H,7,13,25,42H2. The number of nitrogen functional groups attached to an aromatic ring is 1. The van der Waals surface area contributed by atoms with Gasteiger partial charge < -0.3 is 14.7 Å². The lowest BCUT2D eigenvalue weighted by molar-refractivity contribution is 0.668. The number of fused-ring (bicyclic) bond motifs is 8. The van der Waals surface area contributed by atoms with E-state index in [9.17, 15) is 0 Å². The zero-order chi connectivity index (χ0) is 29.9. The molecule has 4 heteroatoms. The van der Waals surface area contributed by atoms with Gasteiger partial charge in [0, 0.05) is 49.4 Å². The molecule has 0 aliphatic heterocycles. The molecule has 8 aromatic rings. The maximum Gasteiger partial charge on any atom is 0.136 e. The van der Waals surface area contributed by atoms with Crippen LogP contribution in [0.15, 0.2) is 137 Å². The Balaban J connectivity index is 1.07. The van der Waals surface area contributed by atoms with Crippen LogP contribution in [0.4, 0.5) is 5.69 Å². The molecule has 2 N–H and O–H groups in total. The van der Waals surface area contributed by atoms with Gasteiger partial charge in [0.15, 0.2) is 0 Å². The van der Waals surface area contributed by atoms with Gasteiger partial charge in [0.25, 0.3) is 0 Å². The molecule has 6 aromatic carbocycles. The van der Waals surface area contributed by atoms with E-state index in [2.05, 4.69) is 120 Å². The third-order valence-electron chi connectivity index (χ3n) is 9.13. The van der Waals surface area contributed by atoms with E-state index in [0.29, 0.717) is 0 Å². The summed E-state index contributed by atoms with van der Waals surface area (Å²) < 4.78 is 8.75. The topological polar surface area (TPSA) is 44.1 Å². The number of nitrogens with two attached hydrogens (primary N) is 1. The second-order valence-corrected chi connectivity index (χ2v) is 12.8. The van der Waals surface area contributed by atoms with Gasteiger partial charge in [0.2, 0.25) is 0 Å². The number of benzene rings is 6. The highest BCUT2D eigenvalue weighted by Gasteiger charge is 2.20. The van der Waals surface area contributed by atoms with Gasteiger partial charge in [-0.1, -0.05) is 91.0 Å². The highest BCUT2D eigenvalue weighted by molar-refractivity contribution is 7.99. The molecule has 0 saturated carbocycles. The average Bonchev–Trinajstić information content (AvgIpc) is 3.64. The maximum absolute atomic E-state index is 6.62. The summed E-state index contributed by atoms with van der Waals surface area (Å²) in [5.41, 5.74) is 18.0. The van der Waals surface area contributed by atoms with Gasteiger partial charge in [-0.2, -0.15) is 0 Å². The summed E-state index contributed by atoms with van der Waals surface area (Å²) in [5, 5.41) is 6.15. The number of thioether (sulfide) groups is 1. The van der Waals surface area contributed by atoms with Crippen molar-refractivity contribution in [3.8, 4) is 16.8 Å². The number of allylic oxidation sites excluding steroid dienone is 1. The van der Waals surface area contributed by atoms with Crippen LogP contribution in [0.2, 0.25) is 0 Å². The average molecular weight is 599 g/mol. The molecule has 0 spiro atoms. The van der Waals surface area contributed by atoms with E-state index in [1.54, 1.807) is 11.8 Å². The second kappa shape index (κ2) is 10.5. The third kappa shape index (κ3) is 4.28. The van der Waals surface area contributed by atoms with Gasteiger partial charge in [0.1, 0.15) is 11.2 Å². The Labute approximate surface area is 265 Å². The van der Waals surface area contributed by atoms with Crippen molar-refractivity contribution < 1.29 is 4.42 Å². The van der Waals surface area contributed by atoms with Crippen LogP contribution in [-0.2, 0) is 12.2 Å². The van der Waals surface area contributed by atoms with Gasteiger partial charge in [-0.3, -0.25) is 0 Å². The molecule has 0 atom stereocenters. The lowest BCUT2D eigenvalue weighted by Crippen LogP contribution is -2.03. The van der Waals surface area contributed by atoms with Gasteiger partial charge in [-0.05, 0) is 82.8 Å². The van der Waals surface area contributed by atoms with Crippen molar-refractivity contribution in [2.75, 3.05) is 5.73 Å². The minimum Gasteiger partial charge on any atom is -0.456 e. The van der Waals surface area contributed by atoms with Crippen LogP contribution in [0.5, 0.6) is 0 Å². The van der Waals surface area contributed by atoms with Crippen LogP contribution in [0.1, 0.15) is 23.2 Å². The van der Waals surface area contributed by atoms with Crippen molar-refractivity contribution in [3.05, 3.63) is 144 Å². The van der Waals surface area contributed by atoms with Crippen molar-refractivity contribution in [1.82, 2.24) is 4.57 Å². The summed E-state index contributed by atoms with van der Waals surface area (Å²) in [6, 6.07) is 43.2. The summed E-state index contributed by atoms with van der Waals surface area (Å²) in [4.78, 5) is 1.07. The van der Waals surface area contributed by atoms with Crippen LogP contribution < -0.4 is 5.73 Å². The normalized spacial score (nSPS) is 12.9. The molecule has 3 nitrogen and oxygen atoms in total. The molecular weight excluding hydrogens is 569 g/mol. The Hall–Kier alpha value is -5.19. The van der Waals surface area contributed by atoms with Crippen LogP contribution in [0, 0.1) is 0 Å². The van der Waals surface area contributed by atoms with Gasteiger partial charge in [0.05, 0.1) is 5.52 Å². The number of aromatic nitrogens is 1. The smallest absolute Gasteiger partial charge is 0.136 e. The summed E-state index contributed by atoms with van der Waals surface area (Å²) >= 11 is 1.78. The van der Waals surface area contributed by atoms with Crippen molar-refractivity contribution in [1.29, 1.82) is 0 Å². The van der Waals surface area contributed by atoms with Crippen LogP contribution in [0.3, 0.4) is 0 Å². The van der Waals surface area contributed by atoms with Crippen molar-refractivity contribution in [2.24, 2.45) is 0 Å². The molecule has 0 bridgehead atoms. The molecule has 0 fully saturated rings. The first-order valence-electron chi connectivity index (χ1n) is 15.5. The Morgan fingerprint density at radius 3 is 2.42 bits per heavy atom. The number of furan rings is 1. The zero-order valence-electron chi connectivity index (χ0n) is 24.7.